The van der Waals surface area contributed by atoms with Crippen LogP contribution in [0.15, 0.2) is 17.2 Å². The van der Waals surface area contributed by atoms with Gasteiger partial charge in [-0.15, -0.1) is 0 Å². The Labute approximate surface area is 73.5 Å². The average Bonchev–Trinajstić information content (AvgIpc) is 2.03. The number of benzene rings is 1. The first-order valence-corrected chi connectivity index (χ1v) is 3.41. The molecule has 0 aliphatic carbocycles. The van der Waals surface area contributed by atoms with Crippen LogP contribution in [-0.4, -0.2) is 10.0 Å². The number of phenols is 1. The van der Waals surface area contributed by atoms with Crippen molar-refractivity contribution in [2.75, 3.05) is 0 Å². The highest BCUT2D eigenvalue weighted by Gasteiger charge is 2.14. The lowest BCUT2D eigenvalue weighted by Gasteiger charge is -2.00. The predicted octanol–water partition coefficient (Wildman–Crippen LogP) is 2.27. The standard InChI is InChI=1S/C7H7N3O3/c1-4-2-7(11)5(9-8)3-6(4)10(12)13/h2-3,8,11H,1H3. The fraction of sp³-hybridized carbons (Fsp3) is 0.143. The summed E-state index contributed by atoms with van der Waals surface area (Å²) in [6.07, 6.45) is 0. The van der Waals surface area contributed by atoms with Gasteiger partial charge in [0.05, 0.1) is 4.92 Å². The second-order valence-corrected chi connectivity index (χ2v) is 2.50. The van der Waals surface area contributed by atoms with E-state index in [0.29, 0.717) is 5.56 Å². The minimum atomic E-state index is -0.580. The molecule has 0 aromatic heterocycles. The molecular weight excluding hydrogens is 174 g/mol. The van der Waals surface area contributed by atoms with Crippen LogP contribution in [0.1, 0.15) is 5.56 Å². The van der Waals surface area contributed by atoms with Crippen molar-refractivity contribution in [3.05, 3.63) is 27.8 Å². The van der Waals surface area contributed by atoms with E-state index in [1.165, 1.54) is 13.0 Å². The van der Waals surface area contributed by atoms with Crippen LogP contribution in [0, 0.1) is 22.6 Å². The minimum absolute atomic E-state index is 0.0997. The van der Waals surface area contributed by atoms with Gasteiger partial charge in [-0.3, -0.25) is 10.1 Å². The molecule has 6 heteroatoms. The molecule has 0 saturated heterocycles. The van der Waals surface area contributed by atoms with Crippen molar-refractivity contribution in [1.82, 2.24) is 0 Å². The molecule has 0 atom stereocenters. The molecule has 0 aliphatic rings. The van der Waals surface area contributed by atoms with Gasteiger partial charge in [-0.2, -0.15) is 5.11 Å². The van der Waals surface area contributed by atoms with Crippen molar-refractivity contribution in [2.45, 2.75) is 6.92 Å². The van der Waals surface area contributed by atoms with Crippen LogP contribution in [0.25, 0.3) is 0 Å². The number of nitro groups is 1. The Bertz CT molecular complexity index is 375. The van der Waals surface area contributed by atoms with E-state index in [1.807, 2.05) is 0 Å². The van der Waals surface area contributed by atoms with Crippen LogP contribution in [0.4, 0.5) is 11.4 Å². The normalized spacial score (nSPS) is 9.62. The van der Waals surface area contributed by atoms with E-state index in [9.17, 15) is 10.1 Å². The molecule has 0 spiro atoms. The van der Waals surface area contributed by atoms with Crippen LogP contribution in [0.2, 0.25) is 0 Å². The van der Waals surface area contributed by atoms with Gasteiger partial charge in [0.2, 0.25) is 0 Å². The summed E-state index contributed by atoms with van der Waals surface area (Å²) in [6, 6.07) is 2.28. The van der Waals surface area contributed by atoms with E-state index in [4.69, 9.17) is 10.6 Å². The Morgan fingerprint density at radius 2 is 2.23 bits per heavy atom. The zero-order valence-electron chi connectivity index (χ0n) is 6.81. The Hall–Kier alpha value is -1.98. The van der Waals surface area contributed by atoms with Crippen LogP contribution < -0.4 is 0 Å². The highest BCUT2D eigenvalue weighted by atomic mass is 16.6. The molecule has 0 radical (unpaired) electrons. The lowest BCUT2D eigenvalue weighted by molar-refractivity contribution is -0.385. The summed E-state index contributed by atoms with van der Waals surface area (Å²) in [6.45, 7) is 1.51. The lowest BCUT2D eigenvalue weighted by atomic mass is 10.1. The van der Waals surface area contributed by atoms with E-state index in [-0.39, 0.29) is 17.1 Å². The second kappa shape index (κ2) is 3.18. The Morgan fingerprint density at radius 1 is 1.62 bits per heavy atom. The number of aryl methyl sites for hydroxylation is 1. The van der Waals surface area contributed by atoms with Gasteiger partial charge in [-0.05, 0) is 13.0 Å². The first kappa shape index (κ1) is 9.11. The number of rotatable bonds is 2. The SMILES string of the molecule is Cc1cc(O)c(N=N)cc1[N+](=O)[O-]. The quantitative estimate of drug-likeness (QED) is 0.415. The fourth-order valence-electron chi connectivity index (χ4n) is 0.956. The zero-order valence-corrected chi connectivity index (χ0v) is 6.81. The third-order valence-electron chi connectivity index (χ3n) is 1.61. The summed E-state index contributed by atoms with van der Waals surface area (Å²) in [7, 11) is 0. The number of nitrogens with zero attached hydrogens (tertiary/aromatic N) is 2. The molecule has 6 nitrogen and oxygen atoms in total. The number of nitro benzene ring substituents is 1. The van der Waals surface area contributed by atoms with Gasteiger partial charge in [0.15, 0.2) is 0 Å². The molecule has 1 rings (SSSR count). The fourth-order valence-corrected chi connectivity index (χ4v) is 0.956. The maximum Gasteiger partial charge on any atom is 0.274 e. The maximum absolute atomic E-state index is 10.4. The molecule has 0 aliphatic heterocycles. The van der Waals surface area contributed by atoms with Crippen molar-refractivity contribution >= 4 is 11.4 Å². The highest BCUT2D eigenvalue weighted by molar-refractivity contribution is 5.59. The first-order valence-electron chi connectivity index (χ1n) is 3.41. The van der Waals surface area contributed by atoms with E-state index < -0.39 is 4.92 Å². The first-order chi connectivity index (χ1) is 6.06. The summed E-state index contributed by atoms with van der Waals surface area (Å²) in [4.78, 5) is 9.84. The van der Waals surface area contributed by atoms with Crippen molar-refractivity contribution in [3.63, 3.8) is 0 Å². The Morgan fingerprint density at radius 3 is 2.69 bits per heavy atom. The number of aromatic hydroxyl groups is 1. The summed E-state index contributed by atoms with van der Waals surface area (Å²) in [5, 5.41) is 22.5. The molecule has 0 amide bonds. The largest absolute Gasteiger partial charge is 0.506 e. The molecule has 13 heavy (non-hydrogen) atoms. The molecule has 1 aromatic rings. The Balaban J connectivity index is 3.38. The van der Waals surface area contributed by atoms with Crippen molar-refractivity contribution in [1.29, 1.82) is 5.53 Å². The highest BCUT2D eigenvalue weighted by Crippen LogP contribution is 2.33. The topological polar surface area (TPSA) is 99.6 Å². The van der Waals surface area contributed by atoms with E-state index in [2.05, 4.69) is 5.11 Å². The predicted molar refractivity (Wildman–Crippen MR) is 44.3 cm³/mol. The molecule has 0 heterocycles. The number of nitrogens with one attached hydrogen (secondary N) is 1. The summed E-state index contributed by atoms with van der Waals surface area (Å²) >= 11 is 0. The molecule has 0 fully saturated rings. The zero-order chi connectivity index (χ0) is 10.0. The molecule has 1 aromatic carbocycles. The molecule has 0 bridgehead atoms. The van der Waals surface area contributed by atoms with Gasteiger partial charge in [0, 0.05) is 11.6 Å². The van der Waals surface area contributed by atoms with Gasteiger partial charge in [-0.1, -0.05) is 0 Å². The maximum atomic E-state index is 10.4. The number of phenolic OH excluding ortho intramolecular Hbond substituents is 1. The van der Waals surface area contributed by atoms with Gasteiger partial charge in [0.25, 0.3) is 5.69 Å². The van der Waals surface area contributed by atoms with Crippen LogP contribution in [0.5, 0.6) is 5.75 Å². The van der Waals surface area contributed by atoms with Crippen molar-refractivity contribution in [3.8, 4) is 5.75 Å². The Kier molecular flexibility index (Phi) is 2.23. The second-order valence-electron chi connectivity index (χ2n) is 2.50. The minimum Gasteiger partial charge on any atom is -0.506 e. The van der Waals surface area contributed by atoms with E-state index in [1.54, 1.807) is 0 Å². The van der Waals surface area contributed by atoms with Crippen molar-refractivity contribution in [2.24, 2.45) is 5.11 Å². The van der Waals surface area contributed by atoms with Crippen LogP contribution in [-0.2, 0) is 0 Å². The van der Waals surface area contributed by atoms with Crippen LogP contribution >= 0.6 is 0 Å². The molecule has 2 N–H and O–H groups in total. The van der Waals surface area contributed by atoms with Gasteiger partial charge >= 0.3 is 0 Å². The number of hydrogen-bond acceptors (Lipinski definition) is 5. The van der Waals surface area contributed by atoms with E-state index >= 15 is 0 Å². The molecule has 0 unspecified atom stereocenters. The average molecular weight is 181 g/mol. The van der Waals surface area contributed by atoms with Gasteiger partial charge in [-0.25, -0.2) is 5.53 Å². The van der Waals surface area contributed by atoms with E-state index in [0.717, 1.165) is 6.07 Å². The summed E-state index contributed by atoms with van der Waals surface area (Å²) in [5.41, 5.74) is 6.73. The van der Waals surface area contributed by atoms with Gasteiger partial charge in [0.1, 0.15) is 11.4 Å². The van der Waals surface area contributed by atoms with Gasteiger partial charge < -0.3 is 5.11 Å². The molecule has 68 valence electrons. The summed E-state index contributed by atoms with van der Waals surface area (Å²) < 4.78 is 0. The third kappa shape index (κ3) is 1.61. The molecular formula is C7H7N3O3. The van der Waals surface area contributed by atoms with Crippen molar-refractivity contribution < 1.29 is 10.0 Å². The third-order valence-corrected chi connectivity index (χ3v) is 1.61. The van der Waals surface area contributed by atoms with Crippen LogP contribution in [0.3, 0.4) is 0 Å². The number of hydrogen-bond donors (Lipinski definition) is 2. The lowest BCUT2D eigenvalue weighted by Crippen LogP contribution is -1.90. The smallest absolute Gasteiger partial charge is 0.274 e. The monoisotopic (exact) mass is 181 g/mol. The summed E-state index contributed by atoms with van der Waals surface area (Å²) in [5.74, 6) is -0.224. The molecule has 0 saturated carbocycles.